The molecule has 0 spiro atoms. The van der Waals surface area contributed by atoms with E-state index >= 15 is 0 Å². The van der Waals surface area contributed by atoms with E-state index in [0.717, 1.165) is 5.75 Å². The largest absolute Gasteiger partial charge is 0.322 e. The Morgan fingerprint density at radius 2 is 2.33 bits per heavy atom. The van der Waals surface area contributed by atoms with E-state index in [2.05, 4.69) is 10.3 Å². The zero-order valence-corrected chi connectivity index (χ0v) is 8.84. The summed E-state index contributed by atoms with van der Waals surface area (Å²) >= 11 is 17.4. The normalized spacial score (nSPS) is 22.8. The van der Waals surface area contributed by atoms with Crippen molar-refractivity contribution in [1.82, 2.24) is 5.32 Å². The molecule has 1 N–H and O–H groups in total. The van der Waals surface area contributed by atoms with Gasteiger partial charge in [-0.3, -0.25) is 9.79 Å². The number of amides is 1. The molecule has 0 aromatic heterocycles. The predicted molar refractivity (Wildman–Crippen MR) is 53.2 cm³/mol. The van der Waals surface area contributed by atoms with E-state index in [9.17, 15) is 4.79 Å². The number of aliphatic imine (C=N–C) groups is 1. The van der Waals surface area contributed by atoms with Crippen LogP contribution in [0.25, 0.3) is 0 Å². The van der Waals surface area contributed by atoms with Crippen LogP contribution in [0.3, 0.4) is 0 Å². The van der Waals surface area contributed by atoms with Gasteiger partial charge in [-0.1, -0.05) is 34.8 Å². The highest BCUT2D eigenvalue weighted by molar-refractivity contribution is 8.00. The Bertz CT molecular complexity index is 215. The van der Waals surface area contributed by atoms with Crippen LogP contribution in [0.1, 0.15) is 0 Å². The zero-order valence-electron chi connectivity index (χ0n) is 5.76. The quantitative estimate of drug-likeness (QED) is 0.715. The number of hydrogen-bond donors (Lipinski definition) is 1. The van der Waals surface area contributed by atoms with Crippen LogP contribution in [-0.4, -0.2) is 27.2 Å². The Morgan fingerprint density at radius 3 is 2.75 bits per heavy atom. The molecule has 7 heteroatoms. The molecule has 0 fully saturated rings. The van der Waals surface area contributed by atoms with Gasteiger partial charge in [0.15, 0.2) is 5.50 Å². The number of carbonyl (C=O) groups excluding carboxylic acids is 1. The van der Waals surface area contributed by atoms with E-state index in [4.69, 9.17) is 34.8 Å². The summed E-state index contributed by atoms with van der Waals surface area (Å²) in [4.78, 5) is 14.9. The SMILES string of the molecule is O=C(N[C@@H]1N=CCS1)C(Cl)(Cl)Cl. The molecule has 12 heavy (non-hydrogen) atoms. The van der Waals surface area contributed by atoms with Crippen LogP contribution >= 0.6 is 46.6 Å². The third-order valence-electron chi connectivity index (χ3n) is 1.08. The van der Waals surface area contributed by atoms with Crippen molar-refractivity contribution in [3.63, 3.8) is 0 Å². The minimum Gasteiger partial charge on any atom is -0.322 e. The molecule has 0 bridgehead atoms. The van der Waals surface area contributed by atoms with E-state index in [0.29, 0.717) is 0 Å². The third kappa shape index (κ3) is 3.01. The zero-order chi connectivity index (χ0) is 9.19. The van der Waals surface area contributed by atoms with E-state index < -0.39 is 9.70 Å². The highest BCUT2D eigenvalue weighted by atomic mass is 35.6. The molecular weight excluding hydrogens is 242 g/mol. The smallest absolute Gasteiger partial charge is 0.274 e. The van der Waals surface area contributed by atoms with Gasteiger partial charge in [0.2, 0.25) is 0 Å². The molecule has 0 saturated heterocycles. The van der Waals surface area contributed by atoms with Crippen LogP contribution < -0.4 is 5.32 Å². The van der Waals surface area contributed by atoms with Crippen molar-refractivity contribution in [2.75, 3.05) is 5.75 Å². The molecule has 68 valence electrons. The van der Waals surface area contributed by atoms with Crippen molar-refractivity contribution in [1.29, 1.82) is 0 Å². The first-order valence-corrected chi connectivity index (χ1v) is 5.19. The molecule has 0 aromatic rings. The van der Waals surface area contributed by atoms with Crippen molar-refractivity contribution >= 4 is 58.7 Å². The molecule has 0 radical (unpaired) electrons. The Hall–Kier alpha value is 0.360. The first-order chi connectivity index (χ1) is 5.50. The molecule has 0 aromatic carbocycles. The molecule has 1 aliphatic rings. The monoisotopic (exact) mass is 246 g/mol. The third-order valence-corrected chi connectivity index (χ3v) is 2.49. The Morgan fingerprint density at radius 1 is 1.67 bits per heavy atom. The number of nitrogens with one attached hydrogen (secondary N) is 1. The highest BCUT2D eigenvalue weighted by Crippen LogP contribution is 2.27. The molecule has 3 nitrogen and oxygen atoms in total. The lowest BCUT2D eigenvalue weighted by atomic mass is 10.7. The highest BCUT2D eigenvalue weighted by Gasteiger charge is 2.32. The summed E-state index contributed by atoms with van der Waals surface area (Å²) in [7, 11) is 0. The van der Waals surface area contributed by atoms with E-state index in [1.807, 2.05) is 0 Å². The van der Waals surface area contributed by atoms with Crippen molar-refractivity contribution in [2.45, 2.75) is 9.29 Å². The second kappa shape index (κ2) is 4.05. The van der Waals surface area contributed by atoms with Crippen molar-refractivity contribution in [2.24, 2.45) is 4.99 Å². The van der Waals surface area contributed by atoms with Crippen LogP contribution in [0.15, 0.2) is 4.99 Å². The summed E-state index contributed by atoms with van der Waals surface area (Å²) in [5, 5.41) is 2.45. The first kappa shape index (κ1) is 10.4. The van der Waals surface area contributed by atoms with Gasteiger partial charge in [-0.05, 0) is 0 Å². The van der Waals surface area contributed by atoms with Crippen LogP contribution in [0, 0.1) is 0 Å². The van der Waals surface area contributed by atoms with Crippen LogP contribution in [0.2, 0.25) is 0 Å². The molecule has 0 saturated carbocycles. The maximum absolute atomic E-state index is 11.0. The van der Waals surface area contributed by atoms with Crippen LogP contribution in [0.4, 0.5) is 0 Å². The first-order valence-electron chi connectivity index (χ1n) is 3.01. The van der Waals surface area contributed by atoms with Gasteiger partial charge in [-0.25, -0.2) is 0 Å². The number of nitrogens with zero attached hydrogens (tertiary/aromatic N) is 1. The van der Waals surface area contributed by atoms with E-state index in [1.165, 1.54) is 11.8 Å². The summed E-state index contributed by atoms with van der Waals surface area (Å²) in [6.07, 6.45) is 1.70. The Kier molecular flexibility index (Phi) is 3.52. The van der Waals surface area contributed by atoms with Gasteiger partial charge >= 0.3 is 0 Å². The minimum absolute atomic E-state index is 0.312. The molecule has 1 rings (SSSR count). The lowest BCUT2D eigenvalue weighted by molar-refractivity contribution is -0.120. The average Bonchev–Trinajstić information content (AvgIpc) is 2.37. The number of carbonyl (C=O) groups is 1. The molecule has 1 heterocycles. The summed E-state index contributed by atoms with van der Waals surface area (Å²) in [6.45, 7) is 0. The van der Waals surface area contributed by atoms with Gasteiger partial charge in [0.1, 0.15) is 0 Å². The molecule has 1 atom stereocenters. The van der Waals surface area contributed by atoms with E-state index in [-0.39, 0.29) is 5.50 Å². The molecule has 1 aliphatic heterocycles. The predicted octanol–water partition coefficient (Wildman–Crippen LogP) is 1.57. The fourth-order valence-corrected chi connectivity index (χ4v) is 1.47. The second-order valence-electron chi connectivity index (χ2n) is 1.99. The van der Waals surface area contributed by atoms with Crippen LogP contribution in [0.5, 0.6) is 0 Å². The number of thioether (sulfide) groups is 1. The van der Waals surface area contributed by atoms with Crippen molar-refractivity contribution < 1.29 is 4.79 Å². The second-order valence-corrected chi connectivity index (χ2v) is 5.38. The van der Waals surface area contributed by atoms with Gasteiger partial charge in [-0.2, -0.15) is 0 Å². The average molecular weight is 248 g/mol. The summed E-state index contributed by atoms with van der Waals surface area (Å²) in [5.74, 6) is 0.120. The summed E-state index contributed by atoms with van der Waals surface area (Å²) < 4.78 is -1.90. The van der Waals surface area contributed by atoms with Gasteiger partial charge in [0.05, 0.1) is 0 Å². The Labute approximate surface area is 88.8 Å². The molecule has 1 amide bonds. The van der Waals surface area contributed by atoms with Crippen molar-refractivity contribution in [3.8, 4) is 0 Å². The maximum Gasteiger partial charge on any atom is 0.274 e. The number of hydrogen-bond acceptors (Lipinski definition) is 3. The van der Waals surface area contributed by atoms with Gasteiger partial charge in [0.25, 0.3) is 9.70 Å². The fraction of sp³-hybridized carbons (Fsp3) is 0.600. The topological polar surface area (TPSA) is 41.5 Å². The summed E-state index contributed by atoms with van der Waals surface area (Å²) in [5.41, 5.74) is -0.312. The maximum atomic E-state index is 11.0. The lowest BCUT2D eigenvalue weighted by Crippen LogP contribution is -2.38. The van der Waals surface area contributed by atoms with Gasteiger partial charge < -0.3 is 5.32 Å². The minimum atomic E-state index is -1.90. The fourth-order valence-electron chi connectivity index (χ4n) is 0.589. The van der Waals surface area contributed by atoms with Crippen LogP contribution in [-0.2, 0) is 4.79 Å². The van der Waals surface area contributed by atoms with E-state index in [1.54, 1.807) is 6.21 Å². The van der Waals surface area contributed by atoms with Gasteiger partial charge in [-0.15, -0.1) is 11.8 Å². The Balaban J connectivity index is 2.41. The van der Waals surface area contributed by atoms with Crippen molar-refractivity contribution in [3.05, 3.63) is 0 Å². The molecular formula is C5H5Cl3N2OS. The summed E-state index contributed by atoms with van der Waals surface area (Å²) in [6, 6.07) is 0. The lowest BCUT2D eigenvalue weighted by Gasteiger charge is -2.13. The number of halogens is 3. The number of alkyl halides is 3. The number of rotatable bonds is 1. The standard InChI is InChI=1S/C5H5Cl3N2OS/c6-5(7,8)3(11)10-4-9-1-2-12-4/h1,4H,2H2,(H,10,11)/t4-/m0/s1. The molecule has 0 unspecified atom stereocenters. The molecule has 0 aliphatic carbocycles. The van der Waals surface area contributed by atoms with Gasteiger partial charge in [0, 0.05) is 12.0 Å².